The number of anilines is 1. The number of carboxylic acids is 1. The quantitative estimate of drug-likeness (QED) is 0.900. The van der Waals surface area contributed by atoms with Gasteiger partial charge in [-0.25, -0.2) is 13.2 Å². The molecule has 21 heavy (non-hydrogen) atoms. The normalized spacial score (nSPS) is 11.1. The lowest BCUT2D eigenvalue weighted by Gasteiger charge is -2.11. The lowest BCUT2D eigenvalue weighted by Crippen LogP contribution is -2.15. The van der Waals surface area contributed by atoms with Crippen molar-refractivity contribution in [2.75, 3.05) is 4.72 Å². The molecule has 0 atom stereocenters. The van der Waals surface area contributed by atoms with Gasteiger partial charge in [0.1, 0.15) is 0 Å². The number of sulfonamides is 1. The molecule has 1 heterocycles. The number of pyridine rings is 1. The fourth-order valence-electron chi connectivity index (χ4n) is 1.70. The average molecular weight is 327 g/mol. The van der Waals surface area contributed by atoms with E-state index in [1.165, 1.54) is 24.4 Å². The highest BCUT2D eigenvalue weighted by Crippen LogP contribution is 2.24. The van der Waals surface area contributed by atoms with E-state index in [0.717, 1.165) is 6.20 Å². The number of hydrogen-bond acceptors (Lipinski definition) is 4. The van der Waals surface area contributed by atoms with Crippen molar-refractivity contribution < 1.29 is 18.3 Å². The minimum atomic E-state index is -3.88. The van der Waals surface area contributed by atoms with Crippen molar-refractivity contribution in [3.8, 4) is 0 Å². The molecule has 2 rings (SSSR count). The van der Waals surface area contributed by atoms with Crippen LogP contribution < -0.4 is 4.72 Å². The summed E-state index contributed by atoms with van der Waals surface area (Å²) < 4.78 is 26.9. The van der Waals surface area contributed by atoms with Gasteiger partial charge in [0.25, 0.3) is 10.0 Å². The van der Waals surface area contributed by atoms with Crippen LogP contribution in [0.4, 0.5) is 5.69 Å². The van der Waals surface area contributed by atoms with Gasteiger partial charge >= 0.3 is 5.97 Å². The zero-order chi connectivity index (χ0) is 15.6. The zero-order valence-electron chi connectivity index (χ0n) is 10.9. The van der Waals surface area contributed by atoms with E-state index in [2.05, 4.69) is 9.71 Å². The molecule has 0 amide bonds. The third-order valence-corrected chi connectivity index (χ3v) is 4.68. The summed E-state index contributed by atoms with van der Waals surface area (Å²) in [6, 6.07) is 5.71. The molecule has 0 fully saturated rings. The maximum absolute atomic E-state index is 12.3. The number of aromatic carboxylic acids is 1. The molecule has 8 heteroatoms. The first-order valence-electron chi connectivity index (χ1n) is 5.77. The Hall–Kier alpha value is -2.12. The molecule has 0 aliphatic heterocycles. The number of nitrogens with zero attached hydrogens (tertiary/aromatic N) is 1. The smallest absolute Gasteiger partial charge is 0.337 e. The van der Waals surface area contributed by atoms with Crippen LogP contribution in [0.5, 0.6) is 0 Å². The van der Waals surface area contributed by atoms with Gasteiger partial charge in [0.15, 0.2) is 0 Å². The molecule has 0 spiro atoms. The minimum absolute atomic E-state index is 0.0238. The molecular formula is C13H11ClN2O4S. The summed E-state index contributed by atoms with van der Waals surface area (Å²) in [5.74, 6) is -1.19. The summed E-state index contributed by atoms with van der Waals surface area (Å²) in [4.78, 5) is 14.6. The SMILES string of the molecule is Cc1c(Cl)cccc1S(=O)(=O)Nc1cncc(C(=O)O)c1. The van der Waals surface area contributed by atoms with E-state index < -0.39 is 16.0 Å². The number of carboxylic acid groups (broad SMARTS) is 1. The van der Waals surface area contributed by atoms with Crippen molar-refractivity contribution in [1.29, 1.82) is 0 Å². The van der Waals surface area contributed by atoms with Crippen LogP contribution in [0.25, 0.3) is 0 Å². The summed E-state index contributed by atoms with van der Waals surface area (Å²) in [7, 11) is -3.88. The van der Waals surface area contributed by atoms with Gasteiger partial charge in [0, 0.05) is 11.2 Å². The van der Waals surface area contributed by atoms with Gasteiger partial charge in [-0.05, 0) is 30.7 Å². The van der Waals surface area contributed by atoms with Gasteiger partial charge < -0.3 is 5.11 Å². The molecule has 0 aliphatic rings. The highest BCUT2D eigenvalue weighted by atomic mass is 35.5. The maximum Gasteiger partial charge on any atom is 0.337 e. The van der Waals surface area contributed by atoms with Crippen LogP contribution in [0.1, 0.15) is 15.9 Å². The van der Waals surface area contributed by atoms with Gasteiger partial charge in [-0.2, -0.15) is 0 Å². The van der Waals surface area contributed by atoms with E-state index in [1.807, 2.05) is 0 Å². The molecular weight excluding hydrogens is 316 g/mol. The summed E-state index contributed by atoms with van der Waals surface area (Å²) >= 11 is 5.91. The van der Waals surface area contributed by atoms with E-state index in [0.29, 0.717) is 10.6 Å². The molecule has 2 N–H and O–H groups in total. The van der Waals surface area contributed by atoms with Crippen LogP contribution in [0, 0.1) is 6.92 Å². The summed E-state index contributed by atoms with van der Waals surface area (Å²) in [5, 5.41) is 9.20. The van der Waals surface area contributed by atoms with E-state index in [4.69, 9.17) is 16.7 Å². The third-order valence-electron chi connectivity index (χ3n) is 2.74. The van der Waals surface area contributed by atoms with Crippen LogP contribution in [0.2, 0.25) is 5.02 Å². The molecule has 6 nitrogen and oxygen atoms in total. The predicted molar refractivity (Wildman–Crippen MR) is 78.2 cm³/mol. The summed E-state index contributed by atoms with van der Waals surface area (Å²) in [6.07, 6.45) is 2.36. The van der Waals surface area contributed by atoms with E-state index in [1.54, 1.807) is 13.0 Å². The molecule has 0 saturated heterocycles. The van der Waals surface area contributed by atoms with Crippen molar-refractivity contribution in [2.45, 2.75) is 11.8 Å². The van der Waals surface area contributed by atoms with Crippen LogP contribution >= 0.6 is 11.6 Å². The molecule has 0 bridgehead atoms. The van der Waals surface area contributed by atoms with Crippen molar-refractivity contribution >= 4 is 33.3 Å². The zero-order valence-corrected chi connectivity index (χ0v) is 12.4. The Morgan fingerprint density at radius 1 is 1.33 bits per heavy atom. The van der Waals surface area contributed by atoms with Crippen molar-refractivity contribution in [3.63, 3.8) is 0 Å². The molecule has 0 aliphatic carbocycles. The molecule has 0 unspecified atom stereocenters. The highest BCUT2D eigenvalue weighted by molar-refractivity contribution is 7.92. The summed E-state index contributed by atoms with van der Waals surface area (Å²) in [6.45, 7) is 1.59. The summed E-state index contributed by atoms with van der Waals surface area (Å²) in [5.41, 5.74) is 0.362. The van der Waals surface area contributed by atoms with Crippen LogP contribution in [0.3, 0.4) is 0 Å². The monoisotopic (exact) mass is 326 g/mol. The van der Waals surface area contributed by atoms with Gasteiger partial charge in [-0.3, -0.25) is 9.71 Å². The number of rotatable bonds is 4. The predicted octanol–water partition coefficient (Wildman–Crippen LogP) is 2.54. The van der Waals surface area contributed by atoms with Gasteiger partial charge in [0.05, 0.1) is 22.3 Å². The number of halogens is 1. The third kappa shape index (κ3) is 3.32. The Morgan fingerprint density at radius 3 is 2.71 bits per heavy atom. The molecule has 2 aromatic rings. The standard InChI is InChI=1S/C13H11ClN2O4S/c1-8-11(14)3-2-4-12(8)21(19,20)16-10-5-9(13(17)18)6-15-7-10/h2-7,16H,1H3,(H,17,18). The topological polar surface area (TPSA) is 96.4 Å². The van der Waals surface area contributed by atoms with Crippen molar-refractivity contribution in [3.05, 3.63) is 52.8 Å². The largest absolute Gasteiger partial charge is 0.478 e. The first-order valence-corrected chi connectivity index (χ1v) is 7.63. The molecule has 1 aromatic heterocycles. The Morgan fingerprint density at radius 2 is 2.05 bits per heavy atom. The first-order chi connectivity index (χ1) is 9.81. The molecule has 0 saturated carbocycles. The average Bonchev–Trinajstić information content (AvgIpc) is 2.41. The lowest BCUT2D eigenvalue weighted by molar-refractivity contribution is 0.0696. The number of aromatic nitrogens is 1. The Kier molecular flexibility index (Phi) is 4.15. The minimum Gasteiger partial charge on any atom is -0.478 e. The Bertz CT molecular complexity index is 806. The fraction of sp³-hybridized carbons (Fsp3) is 0.0769. The highest BCUT2D eigenvalue weighted by Gasteiger charge is 2.19. The van der Waals surface area contributed by atoms with E-state index >= 15 is 0 Å². The van der Waals surface area contributed by atoms with Crippen LogP contribution in [-0.2, 0) is 10.0 Å². The van der Waals surface area contributed by atoms with Crippen molar-refractivity contribution in [1.82, 2.24) is 4.98 Å². The van der Waals surface area contributed by atoms with E-state index in [9.17, 15) is 13.2 Å². The van der Waals surface area contributed by atoms with Gasteiger partial charge in [-0.15, -0.1) is 0 Å². The number of benzene rings is 1. The first kappa shape index (κ1) is 15.3. The molecule has 1 aromatic carbocycles. The van der Waals surface area contributed by atoms with Crippen molar-refractivity contribution in [2.24, 2.45) is 0 Å². The fourth-order valence-corrected chi connectivity index (χ4v) is 3.23. The van der Waals surface area contributed by atoms with E-state index in [-0.39, 0.29) is 16.1 Å². The second-order valence-corrected chi connectivity index (χ2v) is 6.29. The Balaban J connectivity index is 2.40. The Labute approximate surface area is 126 Å². The number of hydrogen-bond donors (Lipinski definition) is 2. The van der Waals surface area contributed by atoms with Gasteiger partial charge in [0.2, 0.25) is 0 Å². The second kappa shape index (κ2) is 5.71. The lowest BCUT2D eigenvalue weighted by atomic mass is 10.2. The van der Waals surface area contributed by atoms with Crippen LogP contribution in [0.15, 0.2) is 41.6 Å². The molecule has 0 radical (unpaired) electrons. The van der Waals surface area contributed by atoms with Gasteiger partial charge in [-0.1, -0.05) is 17.7 Å². The maximum atomic E-state index is 12.3. The number of carbonyl (C=O) groups is 1. The van der Waals surface area contributed by atoms with Crippen LogP contribution in [-0.4, -0.2) is 24.5 Å². The number of nitrogens with one attached hydrogen (secondary N) is 1. The second-order valence-electron chi connectivity index (χ2n) is 4.24. The molecule has 110 valence electrons.